The minimum absolute atomic E-state index is 0.0461. The fourth-order valence-corrected chi connectivity index (χ4v) is 2.81. The van der Waals surface area contributed by atoms with Gasteiger partial charge in [-0.3, -0.25) is 9.59 Å². The zero-order chi connectivity index (χ0) is 17.9. The molecule has 2 aromatic carbocycles. The first-order chi connectivity index (χ1) is 12.0. The highest BCUT2D eigenvalue weighted by molar-refractivity contribution is 6.39. The maximum atomic E-state index is 13.5. The van der Waals surface area contributed by atoms with Crippen molar-refractivity contribution in [3.05, 3.63) is 66.0 Å². The average Bonchev–Trinajstić information content (AvgIpc) is 3.47. The molecule has 1 fully saturated rings. The summed E-state index contributed by atoms with van der Waals surface area (Å²) in [6.45, 7) is -0.0782. The predicted molar refractivity (Wildman–Crippen MR) is 91.1 cm³/mol. The lowest BCUT2D eigenvalue weighted by molar-refractivity contribution is -0.137. The summed E-state index contributed by atoms with van der Waals surface area (Å²) in [6, 6.07) is 14.7. The Kier molecular flexibility index (Phi) is 4.81. The molecule has 2 aromatic rings. The first-order valence-electron chi connectivity index (χ1n) is 8.12. The van der Waals surface area contributed by atoms with Gasteiger partial charge >= 0.3 is 11.8 Å². The fraction of sp³-hybridized carbons (Fsp3) is 0.263. The highest BCUT2D eigenvalue weighted by atomic mass is 19.1. The van der Waals surface area contributed by atoms with E-state index in [0.717, 1.165) is 12.8 Å². The number of rotatable bonds is 5. The Morgan fingerprint density at radius 2 is 1.68 bits per heavy atom. The second kappa shape index (κ2) is 7.03. The van der Waals surface area contributed by atoms with E-state index in [1.54, 1.807) is 18.2 Å². The molecule has 0 radical (unpaired) electrons. The Morgan fingerprint density at radius 1 is 1.04 bits per heavy atom. The molecule has 2 amide bonds. The van der Waals surface area contributed by atoms with Crippen LogP contribution in [-0.2, 0) is 15.2 Å². The standard InChI is InChI=1S/C19H19FN2O3/c20-15-8-4-5-9-16(15)22-18(24)17(23)21-12-19(25,14-10-11-14)13-6-2-1-3-7-13/h1-9,14,25H,10-12H2,(H,21,23)(H,22,24). The number of aliphatic hydroxyl groups is 1. The molecule has 1 atom stereocenters. The minimum Gasteiger partial charge on any atom is -0.383 e. The summed E-state index contributed by atoms with van der Waals surface area (Å²) in [7, 11) is 0. The van der Waals surface area contributed by atoms with Crippen molar-refractivity contribution < 1.29 is 19.1 Å². The van der Waals surface area contributed by atoms with E-state index in [0.29, 0.717) is 5.56 Å². The van der Waals surface area contributed by atoms with Gasteiger partial charge in [-0.1, -0.05) is 42.5 Å². The fourth-order valence-electron chi connectivity index (χ4n) is 2.81. The van der Waals surface area contributed by atoms with Gasteiger partial charge in [-0.15, -0.1) is 0 Å². The summed E-state index contributed by atoms with van der Waals surface area (Å²) >= 11 is 0. The van der Waals surface area contributed by atoms with E-state index in [1.807, 2.05) is 18.2 Å². The molecule has 1 saturated carbocycles. The van der Waals surface area contributed by atoms with Crippen molar-refractivity contribution in [1.82, 2.24) is 5.32 Å². The largest absolute Gasteiger partial charge is 0.383 e. The highest BCUT2D eigenvalue weighted by Crippen LogP contribution is 2.45. The first kappa shape index (κ1) is 17.1. The third-order valence-corrected chi connectivity index (χ3v) is 4.37. The molecule has 0 saturated heterocycles. The maximum absolute atomic E-state index is 13.5. The van der Waals surface area contributed by atoms with Crippen molar-refractivity contribution in [1.29, 1.82) is 0 Å². The molecule has 130 valence electrons. The Labute approximate surface area is 144 Å². The monoisotopic (exact) mass is 342 g/mol. The van der Waals surface area contributed by atoms with Gasteiger partial charge in [-0.25, -0.2) is 4.39 Å². The SMILES string of the molecule is O=C(NCC(O)(c1ccccc1)C1CC1)C(=O)Nc1ccccc1F. The molecule has 5 nitrogen and oxygen atoms in total. The number of benzene rings is 2. The molecule has 1 aliphatic carbocycles. The summed E-state index contributed by atoms with van der Waals surface area (Å²) in [5, 5.41) is 15.7. The second-order valence-corrected chi connectivity index (χ2v) is 6.18. The van der Waals surface area contributed by atoms with Crippen molar-refractivity contribution in [3.8, 4) is 0 Å². The van der Waals surface area contributed by atoms with Crippen LogP contribution in [0.5, 0.6) is 0 Å². The predicted octanol–water partition coefficient (Wildman–Crippen LogP) is 2.18. The van der Waals surface area contributed by atoms with Crippen molar-refractivity contribution in [2.24, 2.45) is 5.92 Å². The normalized spacial score (nSPS) is 15.9. The number of anilines is 1. The van der Waals surface area contributed by atoms with Crippen LogP contribution in [0.1, 0.15) is 18.4 Å². The van der Waals surface area contributed by atoms with Crippen molar-refractivity contribution >= 4 is 17.5 Å². The van der Waals surface area contributed by atoms with Crippen molar-refractivity contribution in [2.75, 3.05) is 11.9 Å². The van der Waals surface area contributed by atoms with E-state index in [1.165, 1.54) is 18.2 Å². The van der Waals surface area contributed by atoms with Crippen LogP contribution in [-0.4, -0.2) is 23.5 Å². The summed E-state index contributed by atoms with van der Waals surface area (Å²) in [5.41, 5.74) is -0.578. The van der Waals surface area contributed by atoms with Crippen molar-refractivity contribution in [2.45, 2.75) is 18.4 Å². The van der Waals surface area contributed by atoms with Gasteiger partial charge in [0.25, 0.3) is 0 Å². The number of para-hydroxylation sites is 1. The Balaban J connectivity index is 1.64. The summed E-state index contributed by atoms with van der Waals surface area (Å²) in [6.07, 6.45) is 1.73. The number of carbonyl (C=O) groups excluding carboxylic acids is 2. The first-order valence-corrected chi connectivity index (χ1v) is 8.12. The molecule has 1 aliphatic rings. The van der Waals surface area contributed by atoms with Gasteiger partial charge in [0.15, 0.2) is 0 Å². The topological polar surface area (TPSA) is 78.4 Å². The highest BCUT2D eigenvalue weighted by Gasteiger charge is 2.45. The smallest absolute Gasteiger partial charge is 0.313 e. The second-order valence-electron chi connectivity index (χ2n) is 6.18. The molecule has 0 aromatic heterocycles. The molecule has 0 bridgehead atoms. The van der Waals surface area contributed by atoms with Crippen molar-refractivity contribution in [3.63, 3.8) is 0 Å². The summed E-state index contributed by atoms with van der Waals surface area (Å²) in [5.74, 6) is -2.47. The van der Waals surface area contributed by atoms with Crippen LogP contribution in [0.25, 0.3) is 0 Å². The quantitative estimate of drug-likeness (QED) is 0.729. The minimum atomic E-state index is -1.21. The van der Waals surface area contributed by atoms with Gasteiger partial charge in [-0.2, -0.15) is 0 Å². The Morgan fingerprint density at radius 3 is 2.32 bits per heavy atom. The van der Waals surface area contributed by atoms with Gasteiger partial charge in [0.05, 0.1) is 12.2 Å². The lowest BCUT2D eigenvalue weighted by Crippen LogP contribution is -2.45. The summed E-state index contributed by atoms with van der Waals surface area (Å²) in [4.78, 5) is 24.0. The van der Waals surface area contributed by atoms with E-state index in [2.05, 4.69) is 10.6 Å². The van der Waals surface area contributed by atoms with Gasteiger partial charge < -0.3 is 15.7 Å². The Hall–Kier alpha value is -2.73. The third-order valence-electron chi connectivity index (χ3n) is 4.37. The van der Waals surface area contributed by atoms with E-state index in [4.69, 9.17) is 0 Å². The molecule has 25 heavy (non-hydrogen) atoms. The van der Waals surface area contributed by atoms with Crippen LogP contribution in [0, 0.1) is 11.7 Å². The number of nitrogens with one attached hydrogen (secondary N) is 2. The zero-order valence-electron chi connectivity index (χ0n) is 13.5. The third kappa shape index (κ3) is 3.85. The lowest BCUT2D eigenvalue weighted by atomic mass is 9.88. The molecule has 0 spiro atoms. The number of hydrogen-bond donors (Lipinski definition) is 3. The van der Waals surface area contributed by atoms with E-state index < -0.39 is 23.2 Å². The molecular weight excluding hydrogens is 323 g/mol. The number of amides is 2. The van der Waals surface area contributed by atoms with E-state index >= 15 is 0 Å². The Bertz CT molecular complexity index is 777. The maximum Gasteiger partial charge on any atom is 0.313 e. The zero-order valence-corrected chi connectivity index (χ0v) is 13.5. The summed E-state index contributed by atoms with van der Waals surface area (Å²) < 4.78 is 13.5. The molecule has 6 heteroatoms. The number of carbonyl (C=O) groups is 2. The average molecular weight is 342 g/mol. The number of hydrogen-bond acceptors (Lipinski definition) is 3. The van der Waals surface area contributed by atoms with Gasteiger partial charge in [0.1, 0.15) is 11.4 Å². The molecule has 3 N–H and O–H groups in total. The van der Waals surface area contributed by atoms with Crippen LogP contribution in [0.4, 0.5) is 10.1 Å². The van der Waals surface area contributed by atoms with Crippen LogP contribution < -0.4 is 10.6 Å². The van der Waals surface area contributed by atoms with Crippen LogP contribution >= 0.6 is 0 Å². The number of halogens is 1. The van der Waals surface area contributed by atoms with Crippen LogP contribution in [0.15, 0.2) is 54.6 Å². The molecule has 0 aliphatic heterocycles. The molecule has 3 rings (SSSR count). The van der Waals surface area contributed by atoms with Gasteiger partial charge in [0, 0.05) is 0 Å². The molecule has 0 heterocycles. The van der Waals surface area contributed by atoms with Gasteiger partial charge in [-0.05, 0) is 36.5 Å². The van der Waals surface area contributed by atoms with E-state index in [-0.39, 0.29) is 18.2 Å². The van der Waals surface area contributed by atoms with Gasteiger partial charge in [0.2, 0.25) is 0 Å². The van der Waals surface area contributed by atoms with Crippen LogP contribution in [0.2, 0.25) is 0 Å². The molecule has 1 unspecified atom stereocenters. The van der Waals surface area contributed by atoms with E-state index in [9.17, 15) is 19.1 Å². The lowest BCUT2D eigenvalue weighted by Gasteiger charge is -2.29. The van der Waals surface area contributed by atoms with Crippen LogP contribution in [0.3, 0.4) is 0 Å². The molecular formula is C19H19FN2O3.